The van der Waals surface area contributed by atoms with Crippen LogP contribution >= 0.6 is 0 Å². The van der Waals surface area contributed by atoms with E-state index in [0.29, 0.717) is 12.4 Å². The third kappa shape index (κ3) is 2.82. The molecule has 0 aliphatic carbocycles. The second-order valence-electron chi connectivity index (χ2n) is 7.68. The molecule has 2 aromatic carbocycles. The van der Waals surface area contributed by atoms with Gasteiger partial charge in [-0.25, -0.2) is 15.0 Å². The summed E-state index contributed by atoms with van der Waals surface area (Å²) in [7, 11) is 0. The Labute approximate surface area is 175 Å². The Bertz CT molecular complexity index is 1160. The minimum absolute atomic E-state index is 0.198. The zero-order chi connectivity index (χ0) is 20.8. The van der Waals surface area contributed by atoms with E-state index < -0.39 is 0 Å². The Kier molecular flexibility index (Phi) is 4.24. The molecule has 2 unspecified atom stereocenters. The molecule has 0 fully saturated rings. The maximum Gasteiger partial charge on any atom is 0.153 e. The minimum atomic E-state index is -0.246. The molecule has 0 bridgehead atoms. The number of nitrogens with zero attached hydrogens (tertiary/aromatic N) is 6. The van der Waals surface area contributed by atoms with E-state index in [2.05, 4.69) is 63.4 Å². The highest BCUT2D eigenvalue weighted by Gasteiger charge is 2.37. The van der Waals surface area contributed by atoms with Gasteiger partial charge in [0.25, 0.3) is 0 Å². The van der Waals surface area contributed by atoms with Crippen LogP contribution in [0.15, 0.2) is 69.0 Å². The number of aryl methyl sites for hydroxylation is 2. The largest absolute Gasteiger partial charge is 0.385 e. The second-order valence-corrected chi connectivity index (χ2v) is 7.68. The number of nitrogens with two attached hydrogens (primary N) is 1. The summed E-state index contributed by atoms with van der Waals surface area (Å²) in [6.07, 6.45) is 3.11. The Balaban J connectivity index is 1.58. The van der Waals surface area contributed by atoms with Crippen molar-refractivity contribution in [3.05, 3.63) is 65.7 Å². The number of aliphatic imine (C=N–C) groups is 4. The van der Waals surface area contributed by atoms with Crippen molar-refractivity contribution in [1.29, 1.82) is 0 Å². The molecule has 0 radical (unpaired) electrons. The van der Waals surface area contributed by atoms with Crippen molar-refractivity contribution in [3.8, 4) is 0 Å². The molecular formula is C23H23N7. The van der Waals surface area contributed by atoms with E-state index in [4.69, 9.17) is 10.7 Å². The fraction of sp³-hybridized carbons (Fsp3) is 0.217. The maximum atomic E-state index is 6.02. The van der Waals surface area contributed by atoms with Crippen LogP contribution in [0.1, 0.15) is 16.7 Å². The van der Waals surface area contributed by atoms with Gasteiger partial charge in [-0.15, -0.1) is 0 Å². The third-order valence-electron chi connectivity index (χ3n) is 5.72. The molecule has 0 spiro atoms. The lowest BCUT2D eigenvalue weighted by molar-refractivity contribution is 0.378. The van der Waals surface area contributed by atoms with Crippen LogP contribution in [0.25, 0.3) is 5.70 Å². The molecule has 150 valence electrons. The first-order valence-corrected chi connectivity index (χ1v) is 9.90. The molecular weight excluding hydrogens is 374 g/mol. The first kappa shape index (κ1) is 18.3. The van der Waals surface area contributed by atoms with Crippen LogP contribution in [0, 0.1) is 13.8 Å². The lowest BCUT2D eigenvalue weighted by atomic mass is 10.00. The summed E-state index contributed by atoms with van der Waals surface area (Å²) in [5.41, 5.74) is 12.3. The van der Waals surface area contributed by atoms with Gasteiger partial charge in [0.15, 0.2) is 6.17 Å². The molecule has 2 atom stereocenters. The standard InChI is InChI=1S/C23H23N7/c1-14-7-4-5-10-18(14)30-16(3)20-15(2)8-6-9-17(20)28-19(30)11-29-13-27-21-22(24)25-12-26-23(21)29/h4-10,12-13,21,23H,3,11H2,1-2H3,(H2,24,25,26). The molecule has 2 aromatic rings. The first-order chi connectivity index (χ1) is 14.5. The highest BCUT2D eigenvalue weighted by atomic mass is 15.4. The molecule has 3 aliphatic heterocycles. The van der Waals surface area contributed by atoms with E-state index in [1.807, 2.05) is 24.3 Å². The number of hydrogen-bond donors (Lipinski definition) is 1. The molecule has 0 saturated heterocycles. The van der Waals surface area contributed by atoms with Crippen molar-refractivity contribution < 1.29 is 0 Å². The molecule has 7 nitrogen and oxygen atoms in total. The van der Waals surface area contributed by atoms with E-state index in [1.165, 1.54) is 6.34 Å². The molecule has 5 rings (SSSR count). The van der Waals surface area contributed by atoms with Gasteiger partial charge in [-0.1, -0.05) is 36.9 Å². The van der Waals surface area contributed by atoms with E-state index in [-0.39, 0.29) is 12.2 Å². The average molecular weight is 397 g/mol. The number of fused-ring (bicyclic) bond motifs is 2. The van der Waals surface area contributed by atoms with Gasteiger partial charge in [-0.2, -0.15) is 0 Å². The van der Waals surface area contributed by atoms with Crippen LogP contribution in [0.2, 0.25) is 0 Å². The van der Waals surface area contributed by atoms with Crippen molar-refractivity contribution in [2.45, 2.75) is 26.1 Å². The zero-order valence-corrected chi connectivity index (χ0v) is 17.0. The molecule has 0 saturated carbocycles. The Morgan fingerprint density at radius 2 is 1.83 bits per heavy atom. The highest BCUT2D eigenvalue weighted by molar-refractivity contribution is 6.15. The van der Waals surface area contributed by atoms with Crippen molar-refractivity contribution >= 4 is 41.4 Å². The third-order valence-corrected chi connectivity index (χ3v) is 5.72. The summed E-state index contributed by atoms with van der Waals surface area (Å²) in [6, 6.07) is 14.2. The van der Waals surface area contributed by atoms with Gasteiger partial charge in [0.1, 0.15) is 24.1 Å². The summed E-state index contributed by atoms with van der Waals surface area (Å²) < 4.78 is 0. The van der Waals surface area contributed by atoms with Crippen molar-refractivity contribution in [2.75, 3.05) is 11.4 Å². The topological polar surface area (TPSA) is 81.9 Å². The van der Waals surface area contributed by atoms with Gasteiger partial charge in [-0.05, 0) is 37.1 Å². The first-order valence-electron chi connectivity index (χ1n) is 9.90. The number of para-hydroxylation sites is 1. The zero-order valence-electron chi connectivity index (χ0n) is 17.0. The van der Waals surface area contributed by atoms with E-state index in [1.54, 1.807) is 6.34 Å². The maximum absolute atomic E-state index is 6.02. The Hall–Kier alpha value is -3.74. The quantitative estimate of drug-likeness (QED) is 0.863. The van der Waals surface area contributed by atoms with Gasteiger partial charge < -0.3 is 10.6 Å². The van der Waals surface area contributed by atoms with Crippen LogP contribution < -0.4 is 10.6 Å². The molecule has 0 amide bonds. The fourth-order valence-corrected chi connectivity index (χ4v) is 4.20. The van der Waals surface area contributed by atoms with E-state index in [0.717, 1.165) is 39.6 Å². The van der Waals surface area contributed by atoms with Crippen molar-refractivity contribution in [2.24, 2.45) is 25.7 Å². The van der Waals surface area contributed by atoms with Crippen molar-refractivity contribution in [1.82, 2.24) is 4.90 Å². The Morgan fingerprint density at radius 1 is 1.03 bits per heavy atom. The predicted molar refractivity (Wildman–Crippen MR) is 124 cm³/mol. The molecule has 3 aliphatic rings. The fourth-order valence-electron chi connectivity index (χ4n) is 4.20. The number of hydrogen-bond acceptors (Lipinski definition) is 7. The molecule has 7 heteroatoms. The smallest absolute Gasteiger partial charge is 0.153 e. The number of anilines is 1. The lowest BCUT2D eigenvalue weighted by Gasteiger charge is -2.36. The van der Waals surface area contributed by atoms with Gasteiger partial charge in [0.05, 0.1) is 24.3 Å². The van der Waals surface area contributed by atoms with Crippen LogP contribution in [0.3, 0.4) is 0 Å². The Morgan fingerprint density at radius 3 is 2.67 bits per heavy atom. The van der Waals surface area contributed by atoms with Crippen LogP contribution in [-0.2, 0) is 0 Å². The van der Waals surface area contributed by atoms with Crippen LogP contribution in [-0.4, -0.2) is 48.0 Å². The van der Waals surface area contributed by atoms with E-state index in [9.17, 15) is 0 Å². The monoisotopic (exact) mass is 397 g/mol. The molecule has 30 heavy (non-hydrogen) atoms. The van der Waals surface area contributed by atoms with E-state index >= 15 is 0 Å². The van der Waals surface area contributed by atoms with Gasteiger partial charge in [0, 0.05) is 11.3 Å². The average Bonchev–Trinajstić information content (AvgIpc) is 3.13. The van der Waals surface area contributed by atoms with Crippen molar-refractivity contribution in [3.63, 3.8) is 0 Å². The minimum Gasteiger partial charge on any atom is -0.385 e. The molecule has 2 N–H and O–H groups in total. The summed E-state index contributed by atoms with van der Waals surface area (Å²) in [4.78, 5) is 22.3. The summed E-state index contributed by atoms with van der Waals surface area (Å²) in [6.45, 7) is 9.18. The second kappa shape index (κ2) is 6.95. The SMILES string of the molecule is C=C1c2c(C)cccc2N=C(CN2C=NC3C(N)=NC=NC32)N1c1ccccc1C. The molecule has 3 heterocycles. The summed E-state index contributed by atoms with van der Waals surface area (Å²) in [5.74, 6) is 1.36. The molecule has 0 aromatic heterocycles. The number of benzene rings is 2. The summed E-state index contributed by atoms with van der Waals surface area (Å²) in [5, 5.41) is 0. The van der Waals surface area contributed by atoms with Gasteiger partial charge in [0.2, 0.25) is 0 Å². The van der Waals surface area contributed by atoms with Gasteiger partial charge in [-0.3, -0.25) is 9.89 Å². The normalized spacial score (nSPS) is 22.0. The van der Waals surface area contributed by atoms with Crippen LogP contribution in [0.5, 0.6) is 0 Å². The predicted octanol–water partition coefficient (Wildman–Crippen LogP) is 3.26. The van der Waals surface area contributed by atoms with Gasteiger partial charge >= 0.3 is 0 Å². The number of amidine groups is 2. The number of rotatable bonds is 3. The highest BCUT2D eigenvalue weighted by Crippen LogP contribution is 2.39. The van der Waals surface area contributed by atoms with Crippen LogP contribution in [0.4, 0.5) is 11.4 Å². The lowest BCUT2D eigenvalue weighted by Crippen LogP contribution is -2.48. The summed E-state index contributed by atoms with van der Waals surface area (Å²) >= 11 is 0.